The van der Waals surface area contributed by atoms with Gasteiger partial charge in [-0.3, -0.25) is 0 Å². The molecule has 9 heteroatoms. The summed E-state index contributed by atoms with van der Waals surface area (Å²) in [6, 6.07) is 19.1. The van der Waals surface area contributed by atoms with E-state index in [4.69, 9.17) is 9.15 Å². The first-order valence-corrected chi connectivity index (χ1v) is 14.6. The van der Waals surface area contributed by atoms with Crippen LogP contribution in [0.3, 0.4) is 0 Å². The highest BCUT2D eigenvalue weighted by molar-refractivity contribution is 7.89. The van der Waals surface area contributed by atoms with Crippen molar-refractivity contribution >= 4 is 37.9 Å². The zero-order valence-corrected chi connectivity index (χ0v) is 23.1. The molecule has 0 saturated carbocycles. The van der Waals surface area contributed by atoms with Gasteiger partial charge in [0.15, 0.2) is 0 Å². The van der Waals surface area contributed by atoms with Crippen molar-refractivity contribution in [1.82, 2.24) is 9.71 Å². The maximum atomic E-state index is 13.5. The van der Waals surface area contributed by atoms with Crippen molar-refractivity contribution in [3.8, 4) is 5.75 Å². The van der Waals surface area contributed by atoms with Gasteiger partial charge in [0.1, 0.15) is 17.4 Å². The summed E-state index contributed by atoms with van der Waals surface area (Å²) in [6.07, 6.45) is 4.44. The average Bonchev–Trinajstić information content (AvgIpc) is 3.34. The molecule has 0 bridgehead atoms. The number of hydrogen-bond acceptors (Lipinski definition) is 6. The number of H-pyrrole nitrogens is 1. The van der Waals surface area contributed by atoms with Gasteiger partial charge in [-0.15, -0.1) is 0 Å². The molecule has 0 amide bonds. The molecule has 5 rings (SSSR count). The van der Waals surface area contributed by atoms with Crippen molar-refractivity contribution in [1.29, 1.82) is 0 Å². The number of carbonyl (C=O) groups excluding carboxylic acids is 1. The van der Waals surface area contributed by atoms with Gasteiger partial charge in [0.2, 0.25) is 10.0 Å². The summed E-state index contributed by atoms with van der Waals surface area (Å²) < 4.78 is 40.1. The second-order valence-corrected chi connectivity index (χ2v) is 11.5. The normalized spacial score (nSPS) is 12.6. The SMILES string of the molecule is CCCCc1cc(=O)oc2cc(OC(=O)[C@H](Cc3c[nH]c4ccccc34)NS(=O)(=O)c3ccc(C)cc3)ccc12. The zero-order valence-electron chi connectivity index (χ0n) is 22.3. The van der Waals surface area contributed by atoms with Crippen molar-refractivity contribution in [2.45, 2.75) is 50.5 Å². The molecule has 1 atom stereocenters. The molecule has 0 aliphatic heterocycles. The van der Waals surface area contributed by atoms with Crippen molar-refractivity contribution in [2.24, 2.45) is 0 Å². The van der Waals surface area contributed by atoms with Crippen molar-refractivity contribution in [3.05, 3.63) is 106 Å². The number of rotatable bonds is 10. The summed E-state index contributed by atoms with van der Waals surface area (Å²) in [7, 11) is -4.05. The fourth-order valence-electron chi connectivity index (χ4n) is 4.70. The lowest BCUT2D eigenvalue weighted by atomic mass is 10.0. The number of aromatic nitrogens is 1. The van der Waals surface area contributed by atoms with Crippen LogP contribution < -0.4 is 15.1 Å². The minimum Gasteiger partial charge on any atom is -0.425 e. The summed E-state index contributed by atoms with van der Waals surface area (Å²) in [5, 5.41) is 1.64. The van der Waals surface area contributed by atoms with Gasteiger partial charge in [-0.05, 0) is 61.2 Å². The molecule has 0 radical (unpaired) electrons. The predicted molar refractivity (Wildman–Crippen MR) is 154 cm³/mol. The Hall–Kier alpha value is -4.21. The lowest BCUT2D eigenvalue weighted by molar-refractivity contribution is -0.136. The number of aryl methyl sites for hydroxylation is 2. The number of carbonyl (C=O) groups is 1. The molecule has 5 aromatic rings. The van der Waals surface area contributed by atoms with E-state index in [1.807, 2.05) is 31.2 Å². The van der Waals surface area contributed by atoms with E-state index in [-0.39, 0.29) is 17.1 Å². The van der Waals surface area contributed by atoms with E-state index in [2.05, 4.69) is 16.6 Å². The Balaban J connectivity index is 1.46. The Kier molecular flexibility index (Phi) is 7.86. The molecule has 0 spiro atoms. The number of hydrogen-bond donors (Lipinski definition) is 2. The van der Waals surface area contributed by atoms with Crippen LogP contribution in [0.1, 0.15) is 36.5 Å². The summed E-state index contributed by atoms with van der Waals surface area (Å²) >= 11 is 0. The number of aromatic amines is 1. The van der Waals surface area contributed by atoms with Gasteiger partial charge in [0.05, 0.1) is 4.90 Å². The quantitative estimate of drug-likeness (QED) is 0.134. The van der Waals surface area contributed by atoms with Gasteiger partial charge >= 0.3 is 11.6 Å². The van der Waals surface area contributed by atoms with Gasteiger partial charge < -0.3 is 14.1 Å². The van der Waals surface area contributed by atoms with E-state index in [9.17, 15) is 18.0 Å². The maximum absolute atomic E-state index is 13.5. The Morgan fingerprint density at radius 3 is 2.55 bits per heavy atom. The predicted octanol–water partition coefficient (Wildman–Crippen LogP) is 5.42. The molecule has 0 saturated heterocycles. The van der Waals surface area contributed by atoms with Crippen LogP contribution in [0.5, 0.6) is 5.75 Å². The molecule has 40 heavy (non-hydrogen) atoms. The Bertz CT molecular complexity index is 1840. The summed E-state index contributed by atoms with van der Waals surface area (Å²) in [4.78, 5) is 28.9. The first kappa shape index (κ1) is 27.4. The van der Waals surface area contributed by atoms with Gasteiger partial charge in [-0.2, -0.15) is 4.72 Å². The molecule has 206 valence electrons. The van der Waals surface area contributed by atoms with E-state index < -0.39 is 27.7 Å². The molecule has 2 heterocycles. The fraction of sp³-hybridized carbons (Fsp3) is 0.226. The van der Waals surface area contributed by atoms with Crippen molar-refractivity contribution in [3.63, 3.8) is 0 Å². The van der Waals surface area contributed by atoms with E-state index in [1.165, 1.54) is 24.3 Å². The van der Waals surface area contributed by atoms with Crippen LogP contribution in [-0.4, -0.2) is 25.4 Å². The molecular weight excluding hydrogens is 528 g/mol. The Labute approximate surface area is 232 Å². The highest BCUT2D eigenvalue weighted by Crippen LogP contribution is 2.25. The van der Waals surface area contributed by atoms with Crippen LogP contribution in [0.25, 0.3) is 21.9 Å². The number of nitrogens with one attached hydrogen (secondary N) is 2. The zero-order chi connectivity index (χ0) is 28.3. The van der Waals surface area contributed by atoms with E-state index >= 15 is 0 Å². The molecule has 0 aliphatic carbocycles. The minimum absolute atomic E-state index is 0.0434. The smallest absolute Gasteiger partial charge is 0.336 e. The number of para-hydroxylation sites is 1. The lowest BCUT2D eigenvalue weighted by Gasteiger charge is -2.18. The third-order valence-corrected chi connectivity index (χ3v) is 8.32. The lowest BCUT2D eigenvalue weighted by Crippen LogP contribution is -2.44. The Morgan fingerprint density at radius 2 is 1.77 bits per heavy atom. The summed E-state index contributed by atoms with van der Waals surface area (Å²) in [5.41, 5.74) is 3.23. The molecular formula is C31H30N2O6S. The maximum Gasteiger partial charge on any atom is 0.336 e. The minimum atomic E-state index is -4.05. The highest BCUT2D eigenvalue weighted by atomic mass is 32.2. The second kappa shape index (κ2) is 11.5. The van der Waals surface area contributed by atoms with E-state index in [0.29, 0.717) is 5.58 Å². The van der Waals surface area contributed by atoms with Gasteiger partial charge in [0.25, 0.3) is 0 Å². The second-order valence-electron chi connectivity index (χ2n) is 9.82. The fourth-order valence-corrected chi connectivity index (χ4v) is 5.89. The van der Waals surface area contributed by atoms with Gasteiger partial charge in [-0.25, -0.2) is 18.0 Å². The first-order chi connectivity index (χ1) is 19.2. The first-order valence-electron chi connectivity index (χ1n) is 13.2. The standard InChI is InChI=1S/C31H30N2O6S/c1-3-4-7-21-17-30(34)39-29-18-23(12-15-26(21)29)38-31(35)28(16-22-19-32-27-9-6-5-8-25(22)27)33-40(36,37)24-13-10-20(2)11-14-24/h5-6,8-15,17-19,28,32-33H,3-4,7,16H2,1-2H3/t28-/m0/s1. The average molecular weight is 559 g/mol. The van der Waals surface area contributed by atoms with Gasteiger partial charge in [0, 0.05) is 41.0 Å². The van der Waals surface area contributed by atoms with Crippen LogP contribution in [0.15, 0.2) is 93.1 Å². The molecule has 8 nitrogen and oxygen atoms in total. The number of unbranched alkanes of at least 4 members (excludes halogenated alkanes) is 1. The van der Waals surface area contributed by atoms with Gasteiger partial charge in [-0.1, -0.05) is 49.2 Å². The van der Waals surface area contributed by atoms with Crippen molar-refractivity contribution < 1.29 is 22.4 Å². The molecule has 0 aliphatic rings. The number of ether oxygens (including phenoxy) is 1. The summed E-state index contributed by atoms with van der Waals surface area (Å²) in [6.45, 7) is 3.93. The monoisotopic (exact) mass is 558 g/mol. The molecule has 2 aromatic heterocycles. The summed E-state index contributed by atoms with van der Waals surface area (Å²) in [5.74, 6) is -0.642. The number of sulfonamides is 1. The highest BCUT2D eigenvalue weighted by Gasteiger charge is 2.29. The third-order valence-electron chi connectivity index (χ3n) is 6.83. The van der Waals surface area contributed by atoms with Crippen LogP contribution >= 0.6 is 0 Å². The number of benzene rings is 3. The number of esters is 1. The van der Waals surface area contributed by atoms with Crippen LogP contribution in [0, 0.1) is 6.92 Å². The van der Waals surface area contributed by atoms with E-state index in [0.717, 1.165) is 52.2 Å². The van der Waals surface area contributed by atoms with E-state index in [1.54, 1.807) is 30.5 Å². The van der Waals surface area contributed by atoms with Crippen LogP contribution in [0.2, 0.25) is 0 Å². The Morgan fingerprint density at radius 1 is 1.00 bits per heavy atom. The largest absolute Gasteiger partial charge is 0.425 e. The van der Waals surface area contributed by atoms with Crippen molar-refractivity contribution in [2.75, 3.05) is 0 Å². The molecule has 3 aromatic carbocycles. The third kappa shape index (κ3) is 6.00. The number of fused-ring (bicyclic) bond motifs is 2. The topological polar surface area (TPSA) is 118 Å². The van der Waals surface area contributed by atoms with Crippen LogP contribution in [-0.2, 0) is 27.7 Å². The molecule has 0 unspecified atom stereocenters. The molecule has 0 fully saturated rings. The molecule has 2 N–H and O–H groups in total. The van der Waals surface area contributed by atoms with Crippen LogP contribution in [0.4, 0.5) is 0 Å².